The van der Waals surface area contributed by atoms with Gasteiger partial charge in [-0.1, -0.05) is 60.7 Å². The van der Waals surface area contributed by atoms with Crippen LogP contribution >= 0.6 is 0 Å². The molecule has 3 aromatic rings. The second-order valence-corrected chi connectivity index (χ2v) is 11.7. The van der Waals surface area contributed by atoms with Crippen molar-refractivity contribution in [3.8, 4) is 0 Å². The molecule has 2 aliphatic heterocycles. The fourth-order valence-electron chi connectivity index (χ4n) is 6.57. The normalized spacial score (nSPS) is 19.9. The van der Waals surface area contributed by atoms with E-state index in [1.54, 1.807) is 25.2 Å². The van der Waals surface area contributed by atoms with Crippen molar-refractivity contribution in [2.45, 2.75) is 44.7 Å². The monoisotopic (exact) mass is 580 g/mol. The third-order valence-electron chi connectivity index (χ3n) is 9.10. The summed E-state index contributed by atoms with van der Waals surface area (Å²) < 4.78 is 14.0. The standard InChI is InChI=1S/C35H40N4O4/c1-25(2)36-18-20-37(21-19-36)34(41)32-17-15-29-24-39(31-13-9-8-12-28(31)23-38(29)32)33(40)27-14-16-30(26-10-6-5-7-11-26)35(22-27,42-3)43-4/h5-17,22,25,30H,18-21,23-24H2,1-4H3. The summed E-state index contributed by atoms with van der Waals surface area (Å²) in [7, 11) is 3.21. The van der Waals surface area contributed by atoms with Crippen molar-refractivity contribution in [2.24, 2.45) is 0 Å². The Morgan fingerprint density at radius 1 is 0.837 bits per heavy atom. The Balaban J connectivity index is 1.31. The largest absolute Gasteiger partial charge is 0.349 e. The molecule has 8 heteroatoms. The van der Waals surface area contributed by atoms with Crippen molar-refractivity contribution in [3.05, 3.63) is 113 Å². The Morgan fingerprint density at radius 3 is 2.23 bits per heavy atom. The van der Waals surface area contributed by atoms with Crippen LogP contribution in [0.25, 0.3) is 0 Å². The number of methoxy groups -OCH3 is 2. The summed E-state index contributed by atoms with van der Waals surface area (Å²) in [5.74, 6) is -1.46. The summed E-state index contributed by atoms with van der Waals surface area (Å²) in [6, 6.07) is 22.3. The Kier molecular flexibility index (Phi) is 8.09. The van der Waals surface area contributed by atoms with Crippen LogP contribution in [0.2, 0.25) is 0 Å². The number of anilines is 1. The van der Waals surface area contributed by atoms with Crippen LogP contribution in [0.1, 0.15) is 47.1 Å². The summed E-state index contributed by atoms with van der Waals surface area (Å²) >= 11 is 0. The summed E-state index contributed by atoms with van der Waals surface area (Å²) in [6.07, 6.45) is 5.65. The van der Waals surface area contributed by atoms with E-state index in [9.17, 15) is 9.59 Å². The van der Waals surface area contributed by atoms with Gasteiger partial charge in [-0.15, -0.1) is 0 Å². The number of carbonyl (C=O) groups excluding carboxylic acids is 2. The van der Waals surface area contributed by atoms with Crippen molar-refractivity contribution in [1.82, 2.24) is 14.4 Å². The summed E-state index contributed by atoms with van der Waals surface area (Å²) in [4.78, 5) is 34.2. The third-order valence-corrected chi connectivity index (χ3v) is 9.10. The van der Waals surface area contributed by atoms with E-state index >= 15 is 0 Å². The maximum absolute atomic E-state index is 14.3. The van der Waals surface area contributed by atoms with Crippen LogP contribution in [-0.2, 0) is 27.4 Å². The second kappa shape index (κ2) is 12.0. The molecule has 3 aliphatic rings. The van der Waals surface area contributed by atoms with E-state index < -0.39 is 5.79 Å². The molecule has 0 bridgehead atoms. The number of hydrogen-bond acceptors (Lipinski definition) is 5. The molecule has 0 spiro atoms. The first-order chi connectivity index (χ1) is 20.8. The van der Waals surface area contributed by atoms with Gasteiger partial charge in [-0.2, -0.15) is 0 Å². The molecule has 2 aromatic carbocycles. The summed E-state index contributed by atoms with van der Waals surface area (Å²) in [5, 5.41) is 0. The number of rotatable bonds is 6. The molecule has 1 fully saturated rings. The molecule has 43 heavy (non-hydrogen) atoms. The van der Waals surface area contributed by atoms with Crippen LogP contribution < -0.4 is 4.90 Å². The van der Waals surface area contributed by atoms with Gasteiger partial charge in [0.1, 0.15) is 5.69 Å². The molecule has 1 saturated heterocycles. The average Bonchev–Trinajstić information content (AvgIpc) is 3.36. The lowest BCUT2D eigenvalue weighted by Crippen LogP contribution is -2.51. The minimum atomic E-state index is -1.13. The minimum absolute atomic E-state index is 0.0433. The van der Waals surface area contributed by atoms with Gasteiger partial charge in [0.25, 0.3) is 11.8 Å². The first kappa shape index (κ1) is 29.1. The van der Waals surface area contributed by atoms with E-state index in [2.05, 4.69) is 23.3 Å². The predicted molar refractivity (Wildman–Crippen MR) is 167 cm³/mol. The zero-order valence-corrected chi connectivity index (χ0v) is 25.4. The van der Waals surface area contributed by atoms with Gasteiger partial charge in [-0.05, 0) is 49.2 Å². The molecule has 1 aliphatic carbocycles. The molecule has 1 unspecified atom stereocenters. The summed E-state index contributed by atoms with van der Waals surface area (Å²) in [5.41, 5.74) is 4.92. The highest BCUT2D eigenvalue weighted by Gasteiger charge is 2.41. The van der Waals surface area contributed by atoms with Gasteiger partial charge in [-0.25, -0.2) is 0 Å². The first-order valence-electron chi connectivity index (χ1n) is 15.0. The molecule has 0 saturated carbocycles. The van der Waals surface area contributed by atoms with Gasteiger partial charge in [0.15, 0.2) is 5.79 Å². The van der Waals surface area contributed by atoms with Crippen LogP contribution in [0.3, 0.4) is 0 Å². The van der Waals surface area contributed by atoms with Crippen molar-refractivity contribution in [3.63, 3.8) is 0 Å². The first-order valence-corrected chi connectivity index (χ1v) is 15.0. The highest BCUT2D eigenvalue weighted by Crippen LogP contribution is 2.40. The number of ether oxygens (including phenoxy) is 2. The van der Waals surface area contributed by atoms with Crippen LogP contribution in [0, 0.1) is 0 Å². The Morgan fingerprint density at radius 2 is 1.53 bits per heavy atom. The van der Waals surface area contributed by atoms with Gasteiger partial charge in [-0.3, -0.25) is 14.5 Å². The fraction of sp³-hybridized carbons (Fsp3) is 0.371. The predicted octanol–water partition coefficient (Wildman–Crippen LogP) is 4.82. The zero-order chi connectivity index (χ0) is 30.1. The highest BCUT2D eigenvalue weighted by atomic mass is 16.7. The lowest BCUT2D eigenvalue weighted by molar-refractivity contribution is -0.179. The number of para-hydroxylation sites is 1. The lowest BCUT2D eigenvalue weighted by Gasteiger charge is -2.37. The van der Waals surface area contributed by atoms with Crippen molar-refractivity contribution in [1.29, 1.82) is 0 Å². The zero-order valence-electron chi connectivity index (χ0n) is 25.4. The van der Waals surface area contributed by atoms with Crippen LogP contribution in [0.4, 0.5) is 5.69 Å². The number of hydrogen-bond donors (Lipinski definition) is 0. The van der Waals surface area contributed by atoms with E-state index in [4.69, 9.17) is 9.47 Å². The lowest BCUT2D eigenvalue weighted by atomic mass is 9.84. The van der Waals surface area contributed by atoms with Crippen LogP contribution in [0.5, 0.6) is 0 Å². The molecular formula is C35H40N4O4. The summed E-state index contributed by atoms with van der Waals surface area (Å²) in [6.45, 7) is 8.42. The second-order valence-electron chi connectivity index (χ2n) is 11.7. The molecule has 2 amide bonds. The number of aromatic nitrogens is 1. The van der Waals surface area contributed by atoms with Gasteiger partial charge in [0.05, 0.1) is 19.0 Å². The Bertz CT molecular complexity index is 1540. The number of amides is 2. The van der Waals surface area contributed by atoms with Gasteiger partial charge < -0.3 is 23.8 Å². The SMILES string of the molecule is COC1(OC)C=C(C(=O)N2Cc3ccc(C(=O)N4CCN(C(C)C)CC4)n3Cc3ccccc32)C=CC1c1ccccc1. The smallest absolute Gasteiger partial charge is 0.270 e. The molecule has 6 rings (SSSR count). The molecule has 8 nitrogen and oxygen atoms in total. The topological polar surface area (TPSA) is 67.2 Å². The van der Waals surface area contributed by atoms with E-state index in [1.807, 2.05) is 83.8 Å². The minimum Gasteiger partial charge on any atom is -0.349 e. The number of piperazine rings is 1. The van der Waals surface area contributed by atoms with E-state index in [1.165, 1.54) is 0 Å². The third kappa shape index (κ3) is 5.35. The van der Waals surface area contributed by atoms with Crippen molar-refractivity contribution >= 4 is 17.5 Å². The average molecular weight is 581 g/mol. The van der Waals surface area contributed by atoms with Crippen molar-refractivity contribution in [2.75, 3.05) is 45.3 Å². The van der Waals surface area contributed by atoms with E-state index in [-0.39, 0.29) is 17.7 Å². The Labute approximate surface area is 253 Å². The van der Waals surface area contributed by atoms with Gasteiger partial charge in [0.2, 0.25) is 0 Å². The molecule has 3 heterocycles. The molecular weight excluding hydrogens is 540 g/mol. The van der Waals surface area contributed by atoms with Gasteiger partial charge >= 0.3 is 0 Å². The highest BCUT2D eigenvalue weighted by molar-refractivity contribution is 6.08. The van der Waals surface area contributed by atoms with E-state index in [0.29, 0.717) is 43.5 Å². The van der Waals surface area contributed by atoms with Crippen LogP contribution in [-0.4, -0.2) is 78.4 Å². The molecule has 1 aromatic heterocycles. The quantitative estimate of drug-likeness (QED) is 0.392. The van der Waals surface area contributed by atoms with Crippen LogP contribution in [0.15, 0.2) is 90.5 Å². The van der Waals surface area contributed by atoms with E-state index in [0.717, 1.165) is 35.6 Å². The number of nitrogens with zero attached hydrogens (tertiary/aromatic N) is 4. The molecule has 0 radical (unpaired) electrons. The number of benzene rings is 2. The Hall–Kier alpha value is -3.98. The fourth-order valence-corrected chi connectivity index (χ4v) is 6.57. The van der Waals surface area contributed by atoms with Crippen molar-refractivity contribution < 1.29 is 19.1 Å². The number of carbonyl (C=O) groups is 2. The molecule has 224 valence electrons. The number of fused-ring (bicyclic) bond motifs is 2. The van der Waals surface area contributed by atoms with Gasteiger partial charge in [0, 0.05) is 63.4 Å². The maximum atomic E-state index is 14.3. The molecule has 0 N–H and O–H groups in total. The maximum Gasteiger partial charge on any atom is 0.270 e. The molecule has 1 atom stereocenters.